The Labute approximate surface area is 256 Å². The molecule has 1 spiro atoms. The molecule has 2 N–H and O–H groups in total. The van der Waals surface area contributed by atoms with Gasteiger partial charge in [-0.3, -0.25) is 13.9 Å². The van der Waals surface area contributed by atoms with Gasteiger partial charge >= 0.3 is 0 Å². The molecule has 2 atom stereocenters. The molecule has 2 amide bonds. The second-order valence-corrected chi connectivity index (χ2v) is 14.2. The topological polar surface area (TPSA) is 98.8 Å². The zero-order valence-corrected chi connectivity index (χ0v) is 25.4. The zero-order chi connectivity index (χ0) is 30.4. The van der Waals surface area contributed by atoms with Crippen LogP contribution in [0.25, 0.3) is 0 Å². The number of piperidine rings is 1. The molecule has 0 bridgehead atoms. The number of carbonyl (C=O) groups excluding carboxylic acids is 2. The second-order valence-electron chi connectivity index (χ2n) is 11.8. The molecule has 2 unspecified atom stereocenters. The van der Waals surface area contributed by atoms with E-state index in [4.69, 9.17) is 11.6 Å². The van der Waals surface area contributed by atoms with Crippen LogP contribution in [0.1, 0.15) is 35.1 Å². The Hall–Kier alpha value is -3.47. The molecule has 0 aromatic heterocycles. The Kier molecular flexibility index (Phi) is 7.95. The third-order valence-corrected chi connectivity index (χ3v) is 10.4. The largest absolute Gasteiger partial charge is 0.343 e. The van der Waals surface area contributed by atoms with Crippen molar-refractivity contribution in [3.8, 4) is 0 Å². The Balaban J connectivity index is 1.20. The summed E-state index contributed by atoms with van der Waals surface area (Å²) in [5, 5.41) is 6.90. The third-order valence-electron chi connectivity index (χ3n) is 9.04. The van der Waals surface area contributed by atoms with Gasteiger partial charge in [0.15, 0.2) is 0 Å². The zero-order valence-electron chi connectivity index (χ0n) is 23.9. The number of benzene rings is 3. The third kappa shape index (κ3) is 6.01. The van der Waals surface area contributed by atoms with E-state index >= 15 is 0 Å². The van der Waals surface area contributed by atoms with Gasteiger partial charge in [-0.2, -0.15) is 0 Å². The highest BCUT2D eigenvalue weighted by Crippen LogP contribution is 2.48. The average molecular weight is 625 g/mol. The monoisotopic (exact) mass is 624 g/mol. The van der Waals surface area contributed by atoms with Crippen LogP contribution in [0.3, 0.4) is 0 Å². The number of fused-ring (bicyclic) bond motifs is 3. The van der Waals surface area contributed by atoms with Gasteiger partial charge in [-0.15, -0.1) is 0 Å². The van der Waals surface area contributed by atoms with Crippen molar-refractivity contribution in [1.29, 1.82) is 0 Å². The molecule has 6 rings (SSSR count). The van der Waals surface area contributed by atoms with Gasteiger partial charge in [0.1, 0.15) is 11.9 Å². The fraction of sp³-hybridized carbons (Fsp3) is 0.375. The van der Waals surface area contributed by atoms with Gasteiger partial charge in [-0.05, 0) is 71.8 Å². The van der Waals surface area contributed by atoms with E-state index in [0.29, 0.717) is 61.6 Å². The Morgan fingerprint density at radius 3 is 2.47 bits per heavy atom. The average Bonchev–Trinajstić information content (AvgIpc) is 3.31. The highest BCUT2D eigenvalue weighted by molar-refractivity contribution is 7.92. The molecule has 1 saturated heterocycles. The van der Waals surface area contributed by atoms with Crippen molar-refractivity contribution in [1.82, 2.24) is 15.5 Å². The van der Waals surface area contributed by atoms with Crippen molar-refractivity contribution in [3.63, 3.8) is 0 Å². The summed E-state index contributed by atoms with van der Waals surface area (Å²) in [7, 11) is -3.56. The van der Waals surface area contributed by atoms with Gasteiger partial charge in [0.2, 0.25) is 21.8 Å². The number of sulfonamides is 1. The number of carbonyl (C=O) groups is 2. The van der Waals surface area contributed by atoms with Gasteiger partial charge in [0.25, 0.3) is 0 Å². The number of rotatable bonds is 6. The van der Waals surface area contributed by atoms with Crippen molar-refractivity contribution in [2.24, 2.45) is 0 Å². The van der Waals surface area contributed by atoms with Crippen LogP contribution in [0.15, 0.2) is 66.7 Å². The first-order chi connectivity index (χ1) is 20.5. The smallest absolute Gasteiger partial charge is 0.245 e. The molecule has 0 saturated carbocycles. The van der Waals surface area contributed by atoms with E-state index in [1.165, 1.54) is 22.5 Å². The fourth-order valence-corrected chi connectivity index (χ4v) is 7.79. The minimum atomic E-state index is -3.56. The predicted octanol–water partition coefficient (Wildman–Crippen LogP) is 3.56. The number of amides is 2. The van der Waals surface area contributed by atoms with E-state index in [0.717, 1.165) is 22.9 Å². The molecule has 3 aliphatic heterocycles. The van der Waals surface area contributed by atoms with Crippen LogP contribution in [0.4, 0.5) is 10.1 Å². The van der Waals surface area contributed by atoms with E-state index in [9.17, 15) is 22.4 Å². The van der Waals surface area contributed by atoms with Crippen molar-refractivity contribution < 1.29 is 22.4 Å². The first-order valence-electron chi connectivity index (χ1n) is 14.4. The van der Waals surface area contributed by atoms with E-state index in [1.54, 1.807) is 17.0 Å². The maximum Gasteiger partial charge on any atom is 0.245 e. The maximum absolute atomic E-state index is 14.3. The highest BCUT2D eigenvalue weighted by atomic mass is 35.5. The number of anilines is 1. The minimum absolute atomic E-state index is 0.202. The van der Waals surface area contributed by atoms with Crippen LogP contribution >= 0.6 is 11.6 Å². The summed E-state index contributed by atoms with van der Waals surface area (Å²) in [6, 6.07) is 18.2. The molecule has 43 heavy (non-hydrogen) atoms. The summed E-state index contributed by atoms with van der Waals surface area (Å²) in [4.78, 5) is 29.2. The van der Waals surface area contributed by atoms with Crippen LogP contribution in [-0.4, -0.2) is 63.1 Å². The number of likely N-dealkylation sites (tertiary alicyclic amines) is 1. The lowest BCUT2D eigenvalue weighted by molar-refractivity contribution is -0.138. The molecule has 3 heterocycles. The molecule has 3 aliphatic rings. The molecular weight excluding hydrogens is 591 g/mol. The van der Waals surface area contributed by atoms with Crippen LogP contribution in [0, 0.1) is 5.82 Å². The van der Waals surface area contributed by atoms with Gasteiger partial charge in [-0.25, -0.2) is 12.8 Å². The summed E-state index contributed by atoms with van der Waals surface area (Å²) in [5.74, 6) is -0.859. The van der Waals surface area contributed by atoms with Crippen LogP contribution < -0.4 is 14.9 Å². The number of hydrogen-bond donors (Lipinski definition) is 2. The van der Waals surface area contributed by atoms with E-state index in [1.807, 2.05) is 36.4 Å². The summed E-state index contributed by atoms with van der Waals surface area (Å²) in [5.41, 5.74) is 3.71. The van der Waals surface area contributed by atoms with Gasteiger partial charge in [0.05, 0.1) is 18.0 Å². The SMILES string of the molecule is CS(=O)(=O)N1CC2(CCN(C(=O)C(Cc3ccc(Cl)cc3)NC(=O)C3Cc4ccccc4CN3)CC2)c2cc(F)ccc21. The Morgan fingerprint density at radius 2 is 1.77 bits per heavy atom. The molecule has 0 aliphatic carbocycles. The number of nitrogens with zero attached hydrogens (tertiary/aromatic N) is 2. The molecule has 0 radical (unpaired) electrons. The quantitative estimate of drug-likeness (QED) is 0.437. The van der Waals surface area contributed by atoms with Gasteiger partial charge < -0.3 is 15.5 Å². The Bertz CT molecular complexity index is 1660. The first kappa shape index (κ1) is 29.6. The second kappa shape index (κ2) is 11.6. The highest BCUT2D eigenvalue weighted by Gasteiger charge is 2.48. The molecular formula is C32H34ClFN4O4S. The maximum atomic E-state index is 14.3. The van der Waals surface area contributed by atoms with E-state index in [-0.39, 0.29) is 18.4 Å². The lowest BCUT2D eigenvalue weighted by Gasteiger charge is -2.41. The summed E-state index contributed by atoms with van der Waals surface area (Å²) >= 11 is 6.09. The normalized spacial score (nSPS) is 19.9. The van der Waals surface area contributed by atoms with E-state index < -0.39 is 33.3 Å². The fourth-order valence-electron chi connectivity index (χ4n) is 6.66. The summed E-state index contributed by atoms with van der Waals surface area (Å²) in [6.45, 7) is 1.50. The first-order valence-corrected chi connectivity index (χ1v) is 16.7. The molecule has 11 heteroatoms. The van der Waals surface area contributed by atoms with E-state index in [2.05, 4.69) is 10.6 Å². The molecule has 1 fully saturated rings. The van der Waals surface area contributed by atoms with Crippen LogP contribution in [0.2, 0.25) is 5.02 Å². The lowest BCUT2D eigenvalue weighted by atomic mass is 9.74. The van der Waals surface area contributed by atoms with Crippen molar-refractivity contribution in [2.45, 2.75) is 49.7 Å². The minimum Gasteiger partial charge on any atom is -0.343 e. The van der Waals surface area contributed by atoms with Crippen molar-refractivity contribution in [3.05, 3.63) is 99.8 Å². The Morgan fingerprint density at radius 1 is 1.07 bits per heavy atom. The van der Waals surface area contributed by atoms with Gasteiger partial charge in [0, 0.05) is 43.0 Å². The van der Waals surface area contributed by atoms with Crippen LogP contribution in [-0.2, 0) is 44.4 Å². The lowest BCUT2D eigenvalue weighted by Crippen LogP contribution is -2.57. The predicted molar refractivity (Wildman–Crippen MR) is 164 cm³/mol. The molecule has 8 nitrogen and oxygen atoms in total. The standard InChI is InChI=1S/C32H34ClFN4O4S/c1-43(41,42)38-20-32(26-18-25(34)10-11-29(26)38)12-14-37(15-13-32)31(40)28(16-21-6-8-24(33)9-7-21)36-30(39)27-17-22-4-2-3-5-23(22)19-35-27/h2-11,18,27-28,35H,12-17,19-20H2,1H3,(H,36,39). The summed E-state index contributed by atoms with van der Waals surface area (Å²) in [6.07, 6.45) is 2.93. The van der Waals surface area contributed by atoms with Crippen LogP contribution in [0.5, 0.6) is 0 Å². The van der Waals surface area contributed by atoms with Crippen molar-refractivity contribution >= 4 is 39.1 Å². The molecule has 226 valence electrons. The molecule has 3 aromatic rings. The number of halogens is 2. The van der Waals surface area contributed by atoms with Crippen molar-refractivity contribution in [2.75, 3.05) is 30.2 Å². The summed E-state index contributed by atoms with van der Waals surface area (Å²) < 4.78 is 40.8. The molecule has 3 aromatic carbocycles. The number of nitrogens with one attached hydrogen (secondary N) is 2. The number of hydrogen-bond acceptors (Lipinski definition) is 5. The van der Waals surface area contributed by atoms with Gasteiger partial charge in [-0.1, -0.05) is 48.0 Å².